The smallest absolute Gasteiger partial charge is 0.392 e. The molecule has 1 spiro atoms. The number of pyridine rings is 1. The Labute approximate surface area is 371 Å². The Morgan fingerprint density at radius 2 is 1.31 bits per heavy atom. The molecule has 0 bridgehead atoms. The molecule has 8 aromatic rings. The molecule has 0 aliphatic carbocycles. The van der Waals surface area contributed by atoms with E-state index in [0.717, 1.165) is 101 Å². The van der Waals surface area contributed by atoms with Crippen LogP contribution in [0.5, 0.6) is 5.75 Å². The molecule has 0 saturated heterocycles. The summed E-state index contributed by atoms with van der Waals surface area (Å²) in [6.45, 7) is 22.8. The summed E-state index contributed by atoms with van der Waals surface area (Å²) in [6, 6.07) is 43.9. The SMILES string of the molecule is [2H]C(C)(C)c1ccc(-c2cc[n+]3c(c2)-c2cc(C(C)(C)C)cc4c2C32Oc3c(C)cc(C)cc3-c3n(-c5ccc(-c6c(C([2H])(C)C)cccc6C([2H])(C)C)cc5)c5cccc-4c5[n+]32)cc1. The summed E-state index contributed by atoms with van der Waals surface area (Å²) in [4.78, 5) is 0. The van der Waals surface area contributed by atoms with Gasteiger partial charge in [-0.3, -0.25) is 0 Å². The van der Waals surface area contributed by atoms with Gasteiger partial charge in [0.25, 0.3) is 0 Å². The van der Waals surface area contributed by atoms with Gasteiger partial charge in [-0.25, -0.2) is 0 Å². The highest BCUT2D eigenvalue weighted by Crippen LogP contribution is 2.55. The predicted octanol–water partition coefficient (Wildman–Crippen LogP) is 14.1. The number of benzene rings is 6. The van der Waals surface area contributed by atoms with Crippen LogP contribution in [0.3, 0.4) is 0 Å². The van der Waals surface area contributed by atoms with Crippen LogP contribution in [0.2, 0.25) is 0 Å². The lowest BCUT2D eigenvalue weighted by Crippen LogP contribution is -2.78. The van der Waals surface area contributed by atoms with E-state index in [9.17, 15) is 0 Å². The van der Waals surface area contributed by atoms with Crippen molar-refractivity contribution in [2.45, 2.75) is 105 Å². The summed E-state index contributed by atoms with van der Waals surface area (Å²) < 4.78 is 42.0. The Bertz CT molecular complexity index is 3300. The molecular weight excluding hydrogens is 755 g/mol. The number of hydrogen-bond acceptors (Lipinski definition) is 1. The third-order valence-electron chi connectivity index (χ3n) is 13.6. The average Bonchev–Trinajstić information content (AvgIpc) is 3.74. The molecule has 0 amide bonds. The zero-order chi connectivity index (χ0) is 45.9. The van der Waals surface area contributed by atoms with E-state index in [4.69, 9.17) is 8.85 Å². The van der Waals surface area contributed by atoms with Gasteiger partial charge >= 0.3 is 11.7 Å². The van der Waals surface area contributed by atoms with Crippen molar-refractivity contribution in [1.82, 2.24) is 4.57 Å². The number of nitrogens with zero attached hydrogens (tertiary/aromatic N) is 3. The molecule has 3 aliphatic rings. The van der Waals surface area contributed by atoms with Gasteiger partial charge in [0.15, 0.2) is 23.0 Å². The Balaban J connectivity index is 1.22. The molecule has 0 N–H and O–H groups in total. The van der Waals surface area contributed by atoms with Crippen molar-refractivity contribution in [2.24, 2.45) is 0 Å². The molecule has 2 aromatic heterocycles. The van der Waals surface area contributed by atoms with Crippen LogP contribution < -0.4 is 13.9 Å². The topological polar surface area (TPSA) is 21.9 Å². The van der Waals surface area contributed by atoms with Crippen LogP contribution in [-0.4, -0.2) is 4.57 Å². The predicted molar refractivity (Wildman–Crippen MR) is 254 cm³/mol. The number of aryl methyl sites for hydroxylation is 2. The second-order valence-electron chi connectivity index (χ2n) is 19.6. The Morgan fingerprint density at radius 1 is 0.645 bits per heavy atom. The molecule has 4 heteroatoms. The molecule has 0 fully saturated rings. The summed E-state index contributed by atoms with van der Waals surface area (Å²) in [6.07, 6.45) is 2.22. The van der Waals surface area contributed by atoms with Crippen LogP contribution in [0, 0.1) is 13.8 Å². The second kappa shape index (κ2) is 13.4. The quantitative estimate of drug-likeness (QED) is 0.153. The number of fused-ring (bicyclic) bond motifs is 5. The van der Waals surface area contributed by atoms with E-state index in [1.165, 1.54) is 16.7 Å². The molecule has 1 unspecified atom stereocenters. The van der Waals surface area contributed by atoms with Gasteiger partial charge in [-0.15, -0.1) is 9.13 Å². The summed E-state index contributed by atoms with van der Waals surface area (Å²) in [5.41, 5.74) is 20.3. The molecule has 6 aromatic carbocycles. The molecular formula is C58H57N3O+2. The first-order valence-electron chi connectivity index (χ1n) is 23.6. The van der Waals surface area contributed by atoms with E-state index in [0.29, 0.717) is 0 Å². The van der Waals surface area contributed by atoms with E-state index in [-0.39, 0.29) is 5.41 Å². The van der Waals surface area contributed by atoms with Crippen molar-refractivity contribution in [1.29, 1.82) is 0 Å². The fourth-order valence-electron chi connectivity index (χ4n) is 10.6. The largest absolute Gasteiger partial charge is 0.499 e. The van der Waals surface area contributed by atoms with Gasteiger partial charge in [-0.1, -0.05) is 129 Å². The Hall–Kier alpha value is -6.26. The first-order valence-corrected chi connectivity index (χ1v) is 22.1. The third-order valence-corrected chi connectivity index (χ3v) is 13.6. The molecule has 11 rings (SSSR count). The van der Waals surface area contributed by atoms with Crippen molar-refractivity contribution in [3.05, 3.63) is 166 Å². The number of imidazole rings is 1. The van der Waals surface area contributed by atoms with Gasteiger partial charge < -0.3 is 4.74 Å². The zero-order valence-corrected chi connectivity index (χ0v) is 37.9. The monoisotopic (exact) mass is 814 g/mol. The fraction of sp³-hybridized carbons (Fsp3) is 0.276. The van der Waals surface area contributed by atoms with Crippen LogP contribution in [0.4, 0.5) is 0 Å². The van der Waals surface area contributed by atoms with Gasteiger partial charge in [0.05, 0.1) is 5.56 Å². The first-order chi connectivity index (χ1) is 30.6. The highest BCUT2D eigenvalue weighted by molar-refractivity contribution is 5.98. The minimum absolute atomic E-state index is 0.125. The highest BCUT2D eigenvalue weighted by atomic mass is 16.5. The standard InChI is InChI=1S/C58H57N3O/c1-33(2)38-18-20-39(21-19-38)41-26-27-59-51(30-41)48-32-42(57(9,10)11)31-47-46-16-13-17-50-54(46)61-56(49-29-36(7)28-37(8)55(49)62-58(59,61)53(47)48)60(50)43-24-22-40(23-25-43)52-44(34(3)4)14-12-15-45(52)35(5)6/h12-35H,1-11H3/q+2/i33D,34D,35D. The van der Waals surface area contributed by atoms with Crippen LogP contribution in [0.1, 0.15) is 123 Å². The van der Waals surface area contributed by atoms with E-state index in [1.54, 1.807) is 0 Å². The maximum absolute atomic E-state index is 9.15. The molecule has 62 heavy (non-hydrogen) atoms. The van der Waals surface area contributed by atoms with Crippen molar-refractivity contribution in [2.75, 3.05) is 0 Å². The van der Waals surface area contributed by atoms with Gasteiger partial charge in [0.2, 0.25) is 5.69 Å². The van der Waals surface area contributed by atoms with Gasteiger partial charge in [0, 0.05) is 27.4 Å². The van der Waals surface area contributed by atoms with Crippen LogP contribution in [0.25, 0.3) is 72.7 Å². The number of aromatic nitrogens is 3. The third kappa shape index (κ3) is 5.31. The molecule has 308 valence electrons. The molecule has 3 aliphatic heterocycles. The lowest BCUT2D eigenvalue weighted by molar-refractivity contribution is -0.997. The average molecular weight is 815 g/mol. The summed E-state index contributed by atoms with van der Waals surface area (Å²) in [5.74, 6) is -1.57. The highest BCUT2D eigenvalue weighted by Gasteiger charge is 2.68. The minimum atomic E-state index is -1.08. The first kappa shape index (κ1) is 35.3. The van der Waals surface area contributed by atoms with Crippen molar-refractivity contribution < 1.29 is 18.0 Å². The van der Waals surface area contributed by atoms with Crippen molar-refractivity contribution >= 4 is 11.0 Å². The number of para-hydroxylation sites is 1. The Kier molecular flexibility index (Phi) is 7.62. The van der Waals surface area contributed by atoms with Crippen LogP contribution in [0.15, 0.2) is 128 Å². The summed E-state index contributed by atoms with van der Waals surface area (Å²) >= 11 is 0. The Morgan fingerprint density at radius 3 is 1.97 bits per heavy atom. The van der Waals surface area contributed by atoms with E-state index in [2.05, 4.69) is 158 Å². The van der Waals surface area contributed by atoms with Gasteiger partial charge in [0.1, 0.15) is 16.8 Å². The summed E-state index contributed by atoms with van der Waals surface area (Å²) in [5, 5.41) is 0. The number of ether oxygens (including phenoxy) is 1. The molecule has 4 nitrogen and oxygen atoms in total. The number of rotatable bonds is 6. The summed E-state index contributed by atoms with van der Waals surface area (Å²) in [7, 11) is 0. The zero-order valence-electron chi connectivity index (χ0n) is 40.9. The van der Waals surface area contributed by atoms with Crippen molar-refractivity contribution in [3.63, 3.8) is 0 Å². The van der Waals surface area contributed by atoms with Gasteiger partial charge in [-0.05, 0) is 135 Å². The van der Waals surface area contributed by atoms with E-state index < -0.39 is 23.5 Å². The second-order valence-corrected chi connectivity index (χ2v) is 19.6. The lowest BCUT2D eigenvalue weighted by Gasteiger charge is -2.33. The van der Waals surface area contributed by atoms with E-state index in [1.807, 2.05) is 59.7 Å². The van der Waals surface area contributed by atoms with Gasteiger partial charge in [-0.2, -0.15) is 4.57 Å². The van der Waals surface area contributed by atoms with E-state index >= 15 is 0 Å². The maximum atomic E-state index is 9.15. The number of hydrogen-bond donors (Lipinski definition) is 0. The minimum Gasteiger partial charge on any atom is -0.392 e. The molecule has 0 saturated carbocycles. The van der Waals surface area contributed by atoms with Crippen molar-refractivity contribution in [3.8, 4) is 67.5 Å². The maximum Gasteiger partial charge on any atom is 0.499 e. The van der Waals surface area contributed by atoms with Crippen LogP contribution in [-0.2, 0) is 11.3 Å². The molecule has 5 heterocycles. The molecule has 0 radical (unpaired) electrons. The normalized spacial score (nSPS) is 16.9. The van der Waals surface area contributed by atoms with Crippen LogP contribution >= 0.6 is 0 Å². The fourth-order valence-corrected chi connectivity index (χ4v) is 10.6. The lowest BCUT2D eigenvalue weighted by atomic mass is 9.80. The molecule has 1 atom stereocenters.